The number of rotatable bonds is 4. The fourth-order valence-corrected chi connectivity index (χ4v) is 5.43. The number of hydrogen-bond acceptors (Lipinski definition) is 6. The lowest BCUT2D eigenvalue weighted by Crippen LogP contribution is -2.34. The average Bonchev–Trinajstić information content (AvgIpc) is 3.16. The highest BCUT2D eigenvalue weighted by molar-refractivity contribution is 7.17. The molecule has 30 heavy (non-hydrogen) atoms. The first kappa shape index (κ1) is 20.8. The van der Waals surface area contributed by atoms with Gasteiger partial charge in [-0.25, -0.2) is 4.79 Å². The van der Waals surface area contributed by atoms with Gasteiger partial charge in [-0.1, -0.05) is 18.2 Å². The summed E-state index contributed by atoms with van der Waals surface area (Å²) in [7, 11) is 1.90. The van der Waals surface area contributed by atoms with Crippen LogP contribution in [0.25, 0.3) is 10.1 Å². The highest BCUT2D eigenvalue weighted by atomic mass is 32.1. The normalized spacial score (nSPS) is 20.8. The van der Waals surface area contributed by atoms with Gasteiger partial charge in [-0.05, 0) is 43.2 Å². The third-order valence-electron chi connectivity index (χ3n) is 6.23. The molecule has 1 aromatic heterocycles. The van der Waals surface area contributed by atoms with Gasteiger partial charge in [0, 0.05) is 47.5 Å². The van der Waals surface area contributed by atoms with Crippen LogP contribution in [0.1, 0.15) is 45.1 Å². The maximum Gasteiger partial charge on any atom is 0.337 e. The fourth-order valence-electron chi connectivity index (χ4n) is 4.44. The highest BCUT2D eigenvalue weighted by Crippen LogP contribution is 2.45. The van der Waals surface area contributed by atoms with Crippen molar-refractivity contribution in [2.24, 2.45) is 0 Å². The van der Waals surface area contributed by atoms with Crippen molar-refractivity contribution in [2.45, 2.75) is 45.6 Å². The molecule has 158 valence electrons. The Bertz CT molecular complexity index is 1060. The van der Waals surface area contributed by atoms with Crippen LogP contribution in [0.4, 0.5) is 0 Å². The zero-order valence-electron chi connectivity index (χ0n) is 17.9. The van der Waals surface area contributed by atoms with Gasteiger partial charge >= 0.3 is 5.97 Å². The molecule has 0 radical (unpaired) electrons. The smallest absolute Gasteiger partial charge is 0.337 e. The van der Waals surface area contributed by atoms with Crippen LogP contribution in [0.3, 0.4) is 0 Å². The van der Waals surface area contributed by atoms with E-state index in [1.807, 2.05) is 37.9 Å². The minimum Gasteiger partial charge on any atom is -0.459 e. The molecule has 4 rings (SSSR count). The number of esters is 1. The molecule has 3 heterocycles. The van der Waals surface area contributed by atoms with Gasteiger partial charge in [0.2, 0.25) is 0 Å². The molecule has 0 saturated carbocycles. The maximum atomic E-state index is 13.5. The first-order valence-electron chi connectivity index (χ1n) is 10.3. The second-order valence-electron chi connectivity index (χ2n) is 7.95. The Morgan fingerprint density at radius 3 is 2.47 bits per heavy atom. The number of ketones is 1. The van der Waals surface area contributed by atoms with Crippen LogP contribution < -0.4 is 0 Å². The lowest BCUT2D eigenvalue weighted by molar-refractivity contribution is -0.148. The minimum absolute atomic E-state index is 0.0245. The van der Waals surface area contributed by atoms with Gasteiger partial charge in [0.1, 0.15) is 6.10 Å². The number of hydrogen-bond donors (Lipinski definition) is 0. The van der Waals surface area contributed by atoms with E-state index >= 15 is 0 Å². The molecule has 0 amide bonds. The van der Waals surface area contributed by atoms with Gasteiger partial charge in [0.05, 0.1) is 18.8 Å². The Kier molecular flexibility index (Phi) is 5.80. The number of thiophene rings is 1. The SMILES string of the molecule is CC(=O)C1=C(C)N(C)C(C)=C(C(=O)OC2CCOCC2)C1c1csc2ccccc12. The van der Waals surface area contributed by atoms with Gasteiger partial charge in [-0.2, -0.15) is 0 Å². The van der Waals surface area contributed by atoms with E-state index in [4.69, 9.17) is 9.47 Å². The second-order valence-corrected chi connectivity index (χ2v) is 8.86. The number of benzene rings is 1. The quantitative estimate of drug-likeness (QED) is 0.659. The van der Waals surface area contributed by atoms with Crippen LogP contribution in [0.5, 0.6) is 0 Å². The van der Waals surface area contributed by atoms with Gasteiger partial charge < -0.3 is 14.4 Å². The second kappa shape index (κ2) is 8.36. The molecule has 0 bridgehead atoms. The lowest BCUT2D eigenvalue weighted by atomic mass is 9.78. The van der Waals surface area contributed by atoms with E-state index in [2.05, 4.69) is 17.5 Å². The average molecular weight is 426 g/mol. The topological polar surface area (TPSA) is 55.8 Å². The molecule has 1 saturated heterocycles. The number of carbonyl (C=O) groups is 2. The molecule has 6 heteroatoms. The van der Waals surface area contributed by atoms with Crippen LogP contribution in [-0.4, -0.2) is 43.0 Å². The Morgan fingerprint density at radius 1 is 1.10 bits per heavy atom. The maximum absolute atomic E-state index is 13.5. The van der Waals surface area contributed by atoms with E-state index in [-0.39, 0.29) is 17.9 Å². The fraction of sp³-hybridized carbons (Fsp3) is 0.417. The summed E-state index contributed by atoms with van der Waals surface area (Å²) in [5.41, 5.74) is 3.91. The van der Waals surface area contributed by atoms with E-state index in [1.165, 1.54) is 0 Å². The zero-order chi connectivity index (χ0) is 21.4. The molecular weight excluding hydrogens is 398 g/mol. The standard InChI is InChI=1S/C24H27NO4S/c1-14-21(16(3)26)23(19-13-30-20-8-6-5-7-18(19)20)22(15(2)25(14)4)24(27)29-17-9-11-28-12-10-17/h5-8,13,17,23H,9-12H2,1-4H3. The molecule has 1 unspecified atom stereocenters. The zero-order valence-corrected chi connectivity index (χ0v) is 18.7. The summed E-state index contributed by atoms with van der Waals surface area (Å²) in [6.07, 6.45) is 1.26. The summed E-state index contributed by atoms with van der Waals surface area (Å²) >= 11 is 1.64. The molecular formula is C24H27NO4S. The first-order valence-corrected chi connectivity index (χ1v) is 11.2. The van der Waals surface area contributed by atoms with Crippen LogP contribution in [0.2, 0.25) is 0 Å². The van der Waals surface area contributed by atoms with Crippen molar-refractivity contribution < 1.29 is 19.1 Å². The summed E-state index contributed by atoms with van der Waals surface area (Å²) in [6, 6.07) is 8.13. The molecule has 1 atom stereocenters. The van der Waals surface area contributed by atoms with E-state index in [1.54, 1.807) is 18.3 Å². The largest absolute Gasteiger partial charge is 0.459 e. The molecule has 0 N–H and O–H groups in total. The van der Waals surface area contributed by atoms with Crippen molar-refractivity contribution in [2.75, 3.05) is 20.3 Å². The monoisotopic (exact) mass is 425 g/mol. The number of nitrogens with zero attached hydrogens (tertiary/aromatic N) is 1. The van der Waals surface area contributed by atoms with E-state index in [0.29, 0.717) is 37.2 Å². The third kappa shape index (κ3) is 3.59. The van der Waals surface area contributed by atoms with Gasteiger partial charge in [0.25, 0.3) is 0 Å². The van der Waals surface area contributed by atoms with Crippen molar-refractivity contribution in [1.82, 2.24) is 4.90 Å². The number of allylic oxidation sites excluding steroid dienone is 3. The number of fused-ring (bicyclic) bond motifs is 1. The Hall–Kier alpha value is -2.44. The summed E-state index contributed by atoms with van der Waals surface area (Å²) in [5, 5.41) is 3.15. The van der Waals surface area contributed by atoms with Gasteiger partial charge in [-0.3, -0.25) is 4.79 Å². The summed E-state index contributed by atoms with van der Waals surface area (Å²) in [6.45, 7) is 6.67. The molecule has 1 aromatic carbocycles. The summed E-state index contributed by atoms with van der Waals surface area (Å²) < 4.78 is 12.5. The van der Waals surface area contributed by atoms with Crippen LogP contribution in [0, 0.1) is 0 Å². The molecule has 0 spiro atoms. The Labute approximate surface area is 181 Å². The molecule has 1 fully saturated rings. The van der Waals surface area contributed by atoms with Gasteiger partial charge in [-0.15, -0.1) is 11.3 Å². The summed E-state index contributed by atoms with van der Waals surface area (Å²) in [4.78, 5) is 28.2. The molecule has 5 nitrogen and oxygen atoms in total. The molecule has 2 aliphatic heterocycles. The first-order chi connectivity index (χ1) is 14.4. The Balaban J connectivity index is 1.84. The van der Waals surface area contributed by atoms with E-state index < -0.39 is 5.92 Å². The number of ether oxygens (including phenoxy) is 2. The third-order valence-corrected chi connectivity index (χ3v) is 7.21. The predicted molar refractivity (Wildman–Crippen MR) is 118 cm³/mol. The Morgan fingerprint density at radius 2 is 1.77 bits per heavy atom. The van der Waals surface area contributed by atoms with Crippen LogP contribution in [-0.2, 0) is 19.1 Å². The number of carbonyl (C=O) groups excluding carboxylic acids is 2. The lowest BCUT2D eigenvalue weighted by Gasteiger charge is -2.36. The van der Waals surface area contributed by atoms with Gasteiger partial charge in [0.15, 0.2) is 5.78 Å². The van der Waals surface area contributed by atoms with Crippen LogP contribution >= 0.6 is 11.3 Å². The minimum atomic E-state index is -0.429. The highest BCUT2D eigenvalue weighted by Gasteiger charge is 2.39. The van der Waals surface area contributed by atoms with Crippen molar-refractivity contribution >= 4 is 33.2 Å². The summed E-state index contributed by atoms with van der Waals surface area (Å²) in [5.74, 6) is -0.788. The predicted octanol–water partition coefficient (Wildman–Crippen LogP) is 4.79. The van der Waals surface area contributed by atoms with E-state index in [0.717, 1.165) is 27.0 Å². The van der Waals surface area contributed by atoms with Crippen molar-refractivity contribution in [3.63, 3.8) is 0 Å². The molecule has 0 aliphatic carbocycles. The van der Waals surface area contributed by atoms with E-state index in [9.17, 15) is 9.59 Å². The molecule has 2 aliphatic rings. The van der Waals surface area contributed by atoms with Crippen molar-refractivity contribution in [3.05, 3.63) is 57.7 Å². The van der Waals surface area contributed by atoms with Crippen molar-refractivity contribution in [1.29, 1.82) is 0 Å². The molecule has 2 aromatic rings. The number of Topliss-reactive ketones (excluding diaryl/α,β-unsaturated/α-hetero) is 1. The van der Waals surface area contributed by atoms with Crippen LogP contribution in [0.15, 0.2) is 52.2 Å². The van der Waals surface area contributed by atoms with Crippen molar-refractivity contribution in [3.8, 4) is 0 Å².